The highest BCUT2D eigenvalue weighted by molar-refractivity contribution is 6.28. The Morgan fingerprint density at radius 2 is 1.84 bits per heavy atom. The summed E-state index contributed by atoms with van der Waals surface area (Å²) < 4.78 is 33.1. The molecule has 1 atom stereocenters. The van der Waals surface area contributed by atoms with Crippen LogP contribution in [0.15, 0.2) is 53.6 Å². The first-order valence-corrected chi connectivity index (χ1v) is 10.7. The summed E-state index contributed by atoms with van der Waals surface area (Å²) in [6.07, 6.45) is 4.67. The molecule has 2 aromatic carbocycles. The lowest BCUT2D eigenvalue weighted by atomic mass is 10.0. The zero-order valence-corrected chi connectivity index (χ0v) is 18.0. The molecule has 2 aliphatic rings. The largest absolute Gasteiger partial charge is 0.490 e. The normalized spacial score (nSPS) is 19.2. The van der Waals surface area contributed by atoms with Gasteiger partial charge in [0.05, 0.1) is 17.5 Å². The van der Waals surface area contributed by atoms with Gasteiger partial charge in [-0.05, 0) is 69.0 Å². The Kier molecular flexibility index (Phi) is 5.95. The highest BCUT2D eigenvalue weighted by Crippen LogP contribution is 2.31. The van der Waals surface area contributed by atoms with Crippen molar-refractivity contribution < 1.29 is 23.1 Å². The van der Waals surface area contributed by atoms with Crippen molar-refractivity contribution in [3.63, 3.8) is 0 Å². The predicted molar refractivity (Wildman–Crippen MR) is 118 cm³/mol. The molecule has 0 aromatic heterocycles. The van der Waals surface area contributed by atoms with Gasteiger partial charge in [-0.15, -0.1) is 0 Å². The number of nitrogens with zero attached hydrogens (tertiary/aromatic N) is 2. The smallest absolute Gasteiger partial charge is 0.270 e. The first kappa shape index (κ1) is 21.9. The first-order valence-electron chi connectivity index (χ1n) is 10.7. The van der Waals surface area contributed by atoms with E-state index in [0.717, 1.165) is 25.5 Å². The number of rotatable bonds is 6. The van der Waals surface area contributed by atoms with Crippen LogP contribution in [0, 0.1) is 5.92 Å². The van der Waals surface area contributed by atoms with E-state index in [0.29, 0.717) is 11.4 Å². The maximum atomic E-state index is 13.6. The van der Waals surface area contributed by atoms with E-state index in [2.05, 4.69) is 10.4 Å². The molecule has 4 rings (SSSR count). The molecule has 0 saturated heterocycles. The number of hydrogen-bond acceptors (Lipinski definition) is 4. The van der Waals surface area contributed by atoms with E-state index in [1.807, 2.05) is 0 Å². The molecule has 1 heterocycles. The van der Waals surface area contributed by atoms with Gasteiger partial charge in [0, 0.05) is 18.2 Å². The topological polar surface area (TPSA) is 71.0 Å². The van der Waals surface area contributed by atoms with Gasteiger partial charge in [0.2, 0.25) is 5.91 Å². The summed E-state index contributed by atoms with van der Waals surface area (Å²) in [7, 11) is 0. The molecule has 1 aliphatic heterocycles. The maximum Gasteiger partial charge on any atom is 0.270 e. The molecule has 1 fully saturated rings. The highest BCUT2D eigenvalue weighted by Gasteiger charge is 2.40. The molecule has 168 valence electrons. The van der Waals surface area contributed by atoms with Crippen molar-refractivity contribution in [2.24, 2.45) is 11.0 Å². The molecule has 2 aromatic rings. The van der Waals surface area contributed by atoms with Crippen molar-refractivity contribution in [1.82, 2.24) is 0 Å². The van der Waals surface area contributed by atoms with Crippen molar-refractivity contribution in [3.05, 3.63) is 54.1 Å². The fraction of sp³-hybridized carbons (Fsp3) is 0.375. The van der Waals surface area contributed by atoms with Crippen molar-refractivity contribution in [2.75, 3.05) is 10.3 Å². The fourth-order valence-corrected chi connectivity index (χ4v) is 4.00. The van der Waals surface area contributed by atoms with Crippen LogP contribution in [0.4, 0.5) is 20.2 Å². The summed E-state index contributed by atoms with van der Waals surface area (Å²) >= 11 is 0. The number of hydrazone groups is 1. The monoisotopic (exact) mass is 441 g/mol. The van der Waals surface area contributed by atoms with Gasteiger partial charge in [0.25, 0.3) is 11.8 Å². The summed E-state index contributed by atoms with van der Waals surface area (Å²) in [5.41, 5.74) is 0.827. The van der Waals surface area contributed by atoms with Gasteiger partial charge in [0.15, 0.2) is 5.92 Å². The Balaban J connectivity index is 1.44. The quantitative estimate of drug-likeness (QED) is 0.634. The van der Waals surface area contributed by atoms with Crippen LogP contribution in [-0.4, -0.2) is 23.6 Å². The second kappa shape index (κ2) is 8.68. The summed E-state index contributed by atoms with van der Waals surface area (Å²) in [5, 5.41) is 8.00. The van der Waals surface area contributed by atoms with Crippen molar-refractivity contribution in [3.8, 4) is 5.75 Å². The van der Waals surface area contributed by atoms with Crippen molar-refractivity contribution >= 4 is 28.9 Å². The van der Waals surface area contributed by atoms with Crippen LogP contribution in [0.25, 0.3) is 0 Å². The van der Waals surface area contributed by atoms with E-state index >= 15 is 0 Å². The van der Waals surface area contributed by atoms with E-state index in [-0.39, 0.29) is 17.4 Å². The Labute approximate surface area is 185 Å². The third-order valence-corrected chi connectivity index (χ3v) is 5.72. The third kappa shape index (κ3) is 4.64. The molecule has 1 N–H and O–H groups in total. The lowest BCUT2D eigenvalue weighted by Gasteiger charge is -2.17. The lowest BCUT2D eigenvalue weighted by molar-refractivity contribution is -0.127. The molecule has 32 heavy (non-hydrogen) atoms. The van der Waals surface area contributed by atoms with Gasteiger partial charge in [-0.3, -0.25) is 9.59 Å². The summed E-state index contributed by atoms with van der Waals surface area (Å²) in [6.45, 7) is 2.38. The van der Waals surface area contributed by atoms with E-state index < -0.39 is 23.7 Å². The van der Waals surface area contributed by atoms with Gasteiger partial charge in [-0.25, -0.2) is 8.78 Å². The van der Waals surface area contributed by atoms with Crippen molar-refractivity contribution in [1.29, 1.82) is 0 Å². The Hall–Kier alpha value is -3.29. The second-order valence-corrected chi connectivity index (χ2v) is 8.30. The van der Waals surface area contributed by atoms with Crippen LogP contribution >= 0.6 is 0 Å². The van der Waals surface area contributed by atoms with Crippen molar-refractivity contribution in [2.45, 2.75) is 51.6 Å². The van der Waals surface area contributed by atoms with Gasteiger partial charge < -0.3 is 10.1 Å². The van der Waals surface area contributed by atoms with E-state index in [1.54, 1.807) is 31.2 Å². The minimum Gasteiger partial charge on any atom is -0.490 e. The predicted octanol–water partition coefficient (Wildman–Crippen LogP) is 5.10. The molecule has 0 bridgehead atoms. The third-order valence-electron chi connectivity index (χ3n) is 5.72. The standard InChI is InChI=1S/C24H25F2N3O3/c1-15-21(22(30)27-17-7-5-6-16(14-17)24(2,25)26)23(31)29(28-15)18-10-12-20(13-11-18)32-19-8-3-4-9-19/h5-7,10-14,19,21H,3-4,8-9H2,1-2H3,(H,27,30). The molecule has 0 spiro atoms. The van der Waals surface area contributed by atoms with E-state index in [4.69, 9.17) is 4.74 Å². The van der Waals surface area contributed by atoms with Crippen LogP contribution in [0.2, 0.25) is 0 Å². The molecular formula is C24H25F2N3O3. The number of amides is 2. The van der Waals surface area contributed by atoms with Gasteiger partial charge in [-0.1, -0.05) is 12.1 Å². The van der Waals surface area contributed by atoms with Crippen LogP contribution in [0.3, 0.4) is 0 Å². The number of carbonyl (C=O) groups excluding carboxylic acids is 2. The summed E-state index contributed by atoms with van der Waals surface area (Å²) in [6, 6.07) is 12.4. The minimum absolute atomic E-state index is 0.196. The zero-order valence-electron chi connectivity index (χ0n) is 18.0. The number of anilines is 2. The van der Waals surface area contributed by atoms with Crippen LogP contribution < -0.4 is 15.1 Å². The zero-order chi connectivity index (χ0) is 22.9. The number of carbonyl (C=O) groups is 2. The molecule has 8 heteroatoms. The minimum atomic E-state index is -3.04. The molecule has 2 amide bonds. The van der Waals surface area contributed by atoms with E-state index in [9.17, 15) is 18.4 Å². The number of hydrogen-bond donors (Lipinski definition) is 1. The Morgan fingerprint density at radius 1 is 1.16 bits per heavy atom. The molecule has 1 aliphatic carbocycles. The van der Waals surface area contributed by atoms with Gasteiger partial charge >= 0.3 is 0 Å². The first-order chi connectivity index (χ1) is 15.2. The second-order valence-electron chi connectivity index (χ2n) is 8.30. The Morgan fingerprint density at radius 3 is 2.50 bits per heavy atom. The number of alkyl halides is 2. The van der Waals surface area contributed by atoms with E-state index in [1.165, 1.54) is 42.1 Å². The SMILES string of the molecule is CC1=NN(c2ccc(OC3CCCC3)cc2)C(=O)C1C(=O)Nc1cccc(C(C)(F)F)c1. The summed E-state index contributed by atoms with van der Waals surface area (Å²) in [5.74, 6) is -4.55. The molecule has 1 saturated carbocycles. The Bertz CT molecular complexity index is 1040. The number of halogens is 2. The number of benzene rings is 2. The molecule has 1 unspecified atom stereocenters. The highest BCUT2D eigenvalue weighted by atomic mass is 19.3. The maximum absolute atomic E-state index is 13.6. The number of ether oxygens (including phenoxy) is 1. The average molecular weight is 441 g/mol. The van der Waals surface area contributed by atoms with Crippen LogP contribution in [0.5, 0.6) is 5.75 Å². The van der Waals surface area contributed by atoms with Crippen LogP contribution in [-0.2, 0) is 15.5 Å². The average Bonchev–Trinajstić information content (AvgIpc) is 3.35. The lowest BCUT2D eigenvalue weighted by Crippen LogP contribution is -2.36. The number of nitrogens with one attached hydrogen (secondary N) is 1. The molecular weight excluding hydrogens is 416 g/mol. The molecule has 0 radical (unpaired) electrons. The fourth-order valence-electron chi connectivity index (χ4n) is 4.00. The van der Waals surface area contributed by atoms with Gasteiger partial charge in [-0.2, -0.15) is 10.1 Å². The summed E-state index contributed by atoms with van der Waals surface area (Å²) in [4.78, 5) is 25.7. The van der Waals surface area contributed by atoms with Gasteiger partial charge in [0.1, 0.15) is 5.75 Å². The molecule has 6 nitrogen and oxygen atoms in total. The van der Waals surface area contributed by atoms with Crippen LogP contribution in [0.1, 0.15) is 45.1 Å².